The number of nitrogens with one attached hydrogen (secondary N) is 1. The summed E-state index contributed by atoms with van der Waals surface area (Å²) in [5, 5.41) is 9.25. The van der Waals surface area contributed by atoms with Crippen molar-refractivity contribution in [1.82, 2.24) is 9.78 Å². The number of carbonyl (C=O) groups excluding carboxylic acids is 3. The minimum atomic E-state index is -0.655. The van der Waals surface area contributed by atoms with Crippen molar-refractivity contribution in [2.45, 2.75) is 6.54 Å². The SMILES string of the molecule is NC(=O)c1ccc(NC(=O)COC(=O)/C=C\c2cn(Cc3ccccc3)nc2-c2cccs2)cc1. The molecule has 3 N–H and O–H groups in total. The zero-order valence-corrected chi connectivity index (χ0v) is 19.4. The van der Waals surface area contributed by atoms with E-state index in [1.165, 1.54) is 18.2 Å². The zero-order chi connectivity index (χ0) is 24.6. The van der Waals surface area contributed by atoms with E-state index in [1.54, 1.807) is 29.5 Å². The van der Waals surface area contributed by atoms with Crippen molar-refractivity contribution in [3.63, 3.8) is 0 Å². The Morgan fingerprint density at radius 3 is 2.49 bits per heavy atom. The molecule has 0 saturated heterocycles. The topological polar surface area (TPSA) is 116 Å². The van der Waals surface area contributed by atoms with Gasteiger partial charge in [0.25, 0.3) is 5.91 Å². The summed E-state index contributed by atoms with van der Waals surface area (Å²) >= 11 is 1.56. The smallest absolute Gasteiger partial charge is 0.331 e. The summed E-state index contributed by atoms with van der Waals surface area (Å²) in [5.74, 6) is -1.72. The highest BCUT2D eigenvalue weighted by Crippen LogP contribution is 2.27. The van der Waals surface area contributed by atoms with Crippen LogP contribution in [0.15, 0.2) is 84.4 Å². The van der Waals surface area contributed by atoms with Crippen LogP contribution in [-0.4, -0.2) is 34.2 Å². The van der Waals surface area contributed by atoms with Crippen molar-refractivity contribution >= 4 is 40.9 Å². The first-order valence-electron chi connectivity index (χ1n) is 10.7. The molecule has 0 bridgehead atoms. The van der Waals surface area contributed by atoms with Crippen LogP contribution in [0.5, 0.6) is 0 Å². The van der Waals surface area contributed by atoms with Gasteiger partial charge in [0.05, 0.1) is 11.4 Å². The molecule has 0 atom stereocenters. The number of benzene rings is 2. The van der Waals surface area contributed by atoms with E-state index in [0.29, 0.717) is 17.8 Å². The van der Waals surface area contributed by atoms with Gasteiger partial charge in [0.2, 0.25) is 5.91 Å². The standard InChI is InChI=1S/C26H22N4O4S/c27-26(33)19-8-11-21(12-9-19)28-23(31)17-34-24(32)13-10-20-16-30(15-18-5-2-1-3-6-18)29-25(20)22-7-4-14-35-22/h1-14,16H,15,17H2,(H2,27,33)(H,28,31)/b13-10-. The maximum atomic E-state index is 12.2. The van der Waals surface area contributed by atoms with Crippen LogP contribution in [0, 0.1) is 0 Å². The number of esters is 1. The predicted molar refractivity (Wildman–Crippen MR) is 135 cm³/mol. The highest BCUT2D eigenvalue weighted by molar-refractivity contribution is 7.13. The molecular formula is C26H22N4O4S. The van der Waals surface area contributed by atoms with Crippen LogP contribution in [0.25, 0.3) is 16.6 Å². The Kier molecular flexibility index (Phi) is 7.49. The number of amides is 2. The minimum absolute atomic E-state index is 0.327. The van der Waals surface area contributed by atoms with E-state index in [9.17, 15) is 14.4 Å². The number of rotatable bonds is 9. The number of ether oxygens (including phenoxy) is 1. The first-order valence-corrected chi connectivity index (χ1v) is 11.6. The van der Waals surface area contributed by atoms with Crippen LogP contribution in [0.4, 0.5) is 5.69 Å². The molecule has 35 heavy (non-hydrogen) atoms. The van der Waals surface area contributed by atoms with Gasteiger partial charge < -0.3 is 15.8 Å². The molecule has 0 aliphatic carbocycles. The molecule has 0 spiro atoms. The second-order valence-electron chi connectivity index (χ2n) is 7.52. The molecule has 2 amide bonds. The molecule has 0 aliphatic heterocycles. The summed E-state index contributed by atoms with van der Waals surface area (Å²) in [6, 6.07) is 19.9. The lowest BCUT2D eigenvalue weighted by atomic mass is 10.2. The van der Waals surface area contributed by atoms with Crippen molar-refractivity contribution in [2.24, 2.45) is 5.73 Å². The number of carbonyl (C=O) groups is 3. The number of nitrogens with zero attached hydrogens (tertiary/aromatic N) is 2. The van der Waals surface area contributed by atoms with Crippen molar-refractivity contribution in [3.8, 4) is 10.6 Å². The van der Waals surface area contributed by atoms with E-state index in [0.717, 1.165) is 21.7 Å². The molecule has 176 valence electrons. The van der Waals surface area contributed by atoms with Gasteiger partial charge in [-0.15, -0.1) is 11.3 Å². The molecule has 0 saturated carbocycles. The molecule has 0 unspecified atom stereocenters. The lowest BCUT2D eigenvalue weighted by molar-refractivity contribution is -0.142. The lowest BCUT2D eigenvalue weighted by Crippen LogP contribution is -2.20. The Morgan fingerprint density at radius 2 is 1.80 bits per heavy atom. The molecule has 0 aliphatic rings. The van der Waals surface area contributed by atoms with Crippen LogP contribution in [0.1, 0.15) is 21.5 Å². The van der Waals surface area contributed by atoms with Crippen LogP contribution in [-0.2, 0) is 20.9 Å². The van der Waals surface area contributed by atoms with Gasteiger partial charge in [-0.1, -0.05) is 36.4 Å². The van der Waals surface area contributed by atoms with Gasteiger partial charge in [-0.3, -0.25) is 14.3 Å². The molecule has 0 fully saturated rings. The van der Waals surface area contributed by atoms with Crippen molar-refractivity contribution in [3.05, 3.63) is 101 Å². The second-order valence-corrected chi connectivity index (χ2v) is 8.47. The molecule has 8 nitrogen and oxygen atoms in total. The first-order chi connectivity index (χ1) is 17.0. The summed E-state index contributed by atoms with van der Waals surface area (Å²) in [7, 11) is 0. The summed E-state index contributed by atoms with van der Waals surface area (Å²) in [5.41, 5.74) is 8.61. The molecular weight excluding hydrogens is 464 g/mol. The van der Waals surface area contributed by atoms with Crippen molar-refractivity contribution in [2.75, 3.05) is 11.9 Å². The zero-order valence-electron chi connectivity index (χ0n) is 18.6. The Labute approximate surface area is 205 Å². The number of hydrogen-bond acceptors (Lipinski definition) is 6. The number of hydrogen-bond donors (Lipinski definition) is 2. The molecule has 4 rings (SSSR count). The van der Waals surface area contributed by atoms with Gasteiger partial charge in [0.15, 0.2) is 6.61 Å². The molecule has 9 heteroatoms. The van der Waals surface area contributed by atoms with Gasteiger partial charge >= 0.3 is 5.97 Å². The highest BCUT2D eigenvalue weighted by atomic mass is 32.1. The van der Waals surface area contributed by atoms with Gasteiger partial charge in [-0.05, 0) is 47.4 Å². The quantitative estimate of drug-likeness (QED) is 0.274. The summed E-state index contributed by atoms with van der Waals surface area (Å²) in [6.45, 7) is 0.143. The van der Waals surface area contributed by atoms with Crippen LogP contribution < -0.4 is 11.1 Å². The molecule has 4 aromatic rings. The summed E-state index contributed by atoms with van der Waals surface area (Å²) < 4.78 is 6.88. The fourth-order valence-electron chi connectivity index (χ4n) is 3.27. The molecule has 2 heterocycles. The largest absolute Gasteiger partial charge is 0.452 e. The third-order valence-corrected chi connectivity index (χ3v) is 5.81. The van der Waals surface area contributed by atoms with Crippen LogP contribution >= 0.6 is 11.3 Å². The average Bonchev–Trinajstić information content (AvgIpc) is 3.52. The highest BCUT2D eigenvalue weighted by Gasteiger charge is 2.12. The fourth-order valence-corrected chi connectivity index (χ4v) is 4.00. The Bertz CT molecular complexity index is 1340. The predicted octanol–water partition coefficient (Wildman–Crippen LogP) is 3.95. The Morgan fingerprint density at radius 1 is 1.03 bits per heavy atom. The van der Waals surface area contributed by atoms with Crippen LogP contribution in [0.3, 0.4) is 0 Å². The third-order valence-electron chi connectivity index (χ3n) is 4.93. The Balaban J connectivity index is 1.37. The summed E-state index contributed by atoms with van der Waals surface area (Å²) in [6.07, 6.45) is 4.77. The number of primary amides is 1. The van der Waals surface area contributed by atoms with E-state index in [4.69, 9.17) is 15.6 Å². The third kappa shape index (κ3) is 6.52. The number of anilines is 1. The number of thiophene rings is 1. The van der Waals surface area contributed by atoms with Gasteiger partial charge in [0, 0.05) is 29.1 Å². The van der Waals surface area contributed by atoms with E-state index in [2.05, 4.69) is 5.32 Å². The van der Waals surface area contributed by atoms with E-state index in [-0.39, 0.29) is 0 Å². The monoisotopic (exact) mass is 486 g/mol. The average molecular weight is 487 g/mol. The second kappa shape index (κ2) is 11.1. The number of nitrogens with two attached hydrogens (primary N) is 1. The van der Waals surface area contributed by atoms with Gasteiger partial charge in [-0.25, -0.2) is 4.79 Å². The van der Waals surface area contributed by atoms with E-state index in [1.807, 2.05) is 58.7 Å². The normalized spacial score (nSPS) is 10.9. The van der Waals surface area contributed by atoms with Gasteiger partial charge in [0.1, 0.15) is 5.69 Å². The molecule has 2 aromatic heterocycles. The van der Waals surface area contributed by atoms with Gasteiger partial charge in [-0.2, -0.15) is 5.10 Å². The molecule has 0 radical (unpaired) electrons. The minimum Gasteiger partial charge on any atom is -0.452 e. The maximum absolute atomic E-state index is 12.2. The van der Waals surface area contributed by atoms with Crippen molar-refractivity contribution < 1.29 is 19.1 Å². The van der Waals surface area contributed by atoms with Crippen molar-refractivity contribution in [1.29, 1.82) is 0 Å². The summed E-state index contributed by atoms with van der Waals surface area (Å²) in [4.78, 5) is 36.4. The lowest BCUT2D eigenvalue weighted by Gasteiger charge is -2.05. The first kappa shape index (κ1) is 23.7. The van der Waals surface area contributed by atoms with E-state index >= 15 is 0 Å². The molecule has 2 aromatic carbocycles. The maximum Gasteiger partial charge on any atom is 0.331 e. The number of aromatic nitrogens is 2. The Hall–Kier alpha value is -4.50. The fraction of sp³-hybridized carbons (Fsp3) is 0.0769. The van der Waals surface area contributed by atoms with E-state index < -0.39 is 24.4 Å². The van der Waals surface area contributed by atoms with Crippen LogP contribution in [0.2, 0.25) is 0 Å².